The van der Waals surface area contributed by atoms with E-state index in [2.05, 4.69) is 15.7 Å². The number of rotatable bonds is 5. The van der Waals surface area contributed by atoms with Crippen molar-refractivity contribution in [3.8, 4) is 0 Å². The molecule has 3 rings (SSSR count). The number of carbonyl (C=O) groups is 1. The van der Waals surface area contributed by atoms with Crippen molar-refractivity contribution >= 4 is 24.0 Å². The van der Waals surface area contributed by atoms with Gasteiger partial charge in [-0.3, -0.25) is 9.48 Å². The van der Waals surface area contributed by atoms with E-state index in [-0.39, 0.29) is 30.6 Å². The molecule has 2 heterocycles. The van der Waals surface area contributed by atoms with Gasteiger partial charge < -0.3 is 10.6 Å². The Hall–Kier alpha value is -2.06. The number of aromatic nitrogens is 2. The zero-order valence-electron chi connectivity index (χ0n) is 14.6. The summed E-state index contributed by atoms with van der Waals surface area (Å²) < 4.78 is 39.2. The molecule has 9 heteroatoms. The molecule has 0 saturated carbocycles. The first-order chi connectivity index (χ1) is 12.4. The summed E-state index contributed by atoms with van der Waals surface area (Å²) in [7, 11) is 0. The molecule has 2 N–H and O–H groups in total. The molecule has 27 heavy (non-hydrogen) atoms. The SMILES string of the molecule is Cl.O=C(Nc1ccccc1CCC(F)(F)F)c1ccn(C2CCCNC2)n1. The number of alkyl halides is 3. The van der Waals surface area contributed by atoms with E-state index in [0.29, 0.717) is 11.3 Å². The van der Waals surface area contributed by atoms with Crippen LogP contribution in [0.4, 0.5) is 18.9 Å². The van der Waals surface area contributed by atoms with Gasteiger partial charge in [0.15, 0.2) is 5.69 Å². The van der Waals surface area contributed by atoms with Gasteiger partial charge in [-0.05, 0) is 43.5 Å². The third-order valence-corrected chi connectivity index (χ3v) is 4.43. The van der Waals surface area contributed by atoms with Crippen LogP contribution < -0.4 is 10.6 Å². The predicted molar refractivity (Wildman–Crippen MR) is 99.4 cm³/mol. The van der Waals surface area contributed by atoms with E-state index in [9.17, 15) is 18.0 Å². The molecule has 1 aliphatic heterocycles. The Kier molecular flexibility index (Phi) is 7.26. The molecule has 0 aliphatic carbocycles. The lowest BCUT2D eigenvalue weighted by Crippen LogP contribution is -2.32. The highest BCUT2D eigenvalue weighted by atomic mass is 35.5. The first kappa shape index (κ1) is 21.2. The van der Waals surface area contributed by atoms with E-state index in [1.54, 1.807) is 41.2 Å². The number of piperidine rings is 1. The summed E-state index contributed by atoms with van der Waals surface area (Å²) in [6.45, 7) is 1.79. The van der Waals surface area contributed by atoms with E-state index in [0.717, 1.165) is 25.9 Å². The van der Waals surface area contributed by atoms with Crippen molar-refractivity contribution in [1.82, 2.24) is 15.1 Å². The number of hydrogen-bond acceptors (Lipinski definition) is 3. The average molecular weight is 403 g/mol. The van der Waals surface area contributed by atoms with Crippen LogP contribution in [0.15, 0.2) is 36.5 Å². The van der Waals surface area contributed by atoms with Gasteiger partial charge in [0.25, 0.3) is 5.91 Å². The molecule has 1 fully saturated rings. The second kappa shape index (κ2) is 9.23. The summed E-state index contributed by atoms with van der Waals surface area (Å²) in [5.41, 5.74) is 1.09. The minimum Gasteiger partial charge on any atom is -0.320 e. The van der Waals surface area contributed by atoms with Gasteiger partial charge in [0, 0.05) is 24.8 Å². The molecule has 0 spiro atoms. The lowest BCUT2D eigenvalue weighted by atomic mass is 10.1. The van der Waals surface area contributed by atoms with E-state index < -0.39 is 18.5 Å². The highest BCUT2D eigenvalue weighted by molar-refractivity contribution is 6.03. The molecule has 1 aromatic heterocycles. The van der Waals surface area contributed by atoms with Gasteiger partial charge in [-0.15, -0.1) is 12.4 Å². The Bertz CT molecular complexity index is 757. The van der Waals surface area contributed by atoms with Crippen molar-refractivity contribution in [1.29, 1.82) is 0 Å². The number of halogens is 4. The summed E-state index contributed by atoms with van der Waals surface area (Å²) in [6, 6.07) is 8.37. The largest absolute Gasteiger partial charge is 0.389 e. The maximum atomic E-state index is 12.5. The van der Waals surface area contributed by atoms with Gasteiger partial charge >= 0.3 is 6.18 Å². The van der Waals surface area contributed by atoms with Crippen LogP contribution in [0.25, 0.3) is 0 Å². The minimum absolute atomic E-state index is 0. The highest BCUT2D eigenvalue weighted by Gasteiger charge is 2.27. The van der Waals surface area contributed by atoms with Gasteiger partial charge in [-0.2, -0.15) is 18.3 Å². The average Bonchev–Trinajstić information content (AvgIpc) is 3.11. The molecule has 0 bridgehead atoms. The molecule has 5 nitrogen and oxygen atoms in total. The molecule has 148 valence electrons. The summed E-state index contributed by atoms with van der Waals surface area (Å²) in [6.07, 6.45) is -1.52. The Morgan fingerprint density at radius 2 is 2.07 bits per heavy atom. The normalized spacial score (nSPS) is 17.2. The second-order valence-corrected chi connectivity index (χ2v) is 6.41. The zero-order chi connectivity index (χ0) is 18.6. The van der Waals surface area contributed by atoms with E-state index in [1.165, 1.54) is 0 Å². The predicted octanol–water partition coefficient (Wildman–Crippen LogP) is 3.98. The Morgan fingerprint density at radius 3 is 2.78 bits per heavy atom. The number of hydrogen-bond donors (Lipinski definition) is 2. The second-order valence-electron chi connectivity index (χ2n) is 6.41. The topological polar surface area (TPSA) is 59.0 Å². The molecule has 1 amide bonds. The fraction of sp³-hybridized carbons (Fsp3) is 0.444. The van der Waals surface area contributed by atoms with Gasteiger partial charge in [-0.25, -0.2) is 0 Å². The molecule has 1 atom stereocenters. The van der Waals surface area contributed by atoms with Crippen LogP contribution >= 0.6 is 12.4 Å². The smallest absolute Gasteiger partial charge is 0.320 e. The minimum atomic E-state index is -4.23. The molecule has 1 aromatic carbocycles. The van der Waals surface area contributed by atoms with Crippen molar-refractivity contribution in [3.05, 3.63) is 47.8 Å². The third kappa shape index (κ3) is 5.97. The molecular formula is C18H22ClF3N4O. The fourth-order valence-corrected chi connectivity index (χ4v) is 3.04. The summed E-state index contributed by atoms with van der Waals surface area (Å²) in [5.74, 6) is -0.424. The van der Waals surface area contributed by atoms with Crippen LogP contribution in [-0.4, -0.2) is 35.0 Å². The maximum absolute atomic E-state index is 12.5. The van der Waals surface area contributed by atoms with E-state index >= 15 is 0 Å². The van der Waals surface area contributed by atoms with Crippen LogP contribution in [0.2, 0.25) is 0 Å². The molecule has 1 unspecified atom stereocenters. The van der Waals surface area contributed by atoms with Gasteiger partial charge in [0.2, 0.25) is 0 Å². The summed E-state index contributed by atoms with van der Waals surface area (Å²) >= 11 is 0. The fourth-order valence-electron chi connectivity index (χ4n) is 3.04. The van der Waals surface area contributed by atoms with Crippen LogP contribution in [0, 0.1) is 0 Å². The van der Waals surface area contributed by atoms with Crippen molar-refractivity contribution in [2.75, 3.05) is 18.4 Å². The first-order valence-corrected chi connectivity index (χ1v) is 8.64. The Labute approximate surface area is 161 Å². The third-order valence-electron chi connectivity index (χ3n) is 4.43. The van der Waals surface area contributed by atoms with E-state index in [4.69, 9.17) is 0 Å². The van der Waals surface area contributed by atoms with Crippen LogP contribution in [0.1, 0.15) is 41.4 Å². The number of benzene rings is 1. The summed E-state index contributed by atoms with van der Waals surface area (Å²) in [5, 5.41) is 10.3. The van der Waals surface area contributed by atoms with Gasteiger partial charge in [0.1, 0.15) is 0 Å². The summed E-state index contributed by atoms with van der Waals surface area (Å²) in [4.78, 5) is 12.4. The standard InChI is InChI=1S/C18H21F3N4O.ClH/c19-18(20,21)9-7-13-4-1-2-6-15(13)23-17(26)16-8-11-25(24-16)14-5-3-10-22-12-14;/h1-2,4,6,8,11,14,22H,3,5,7,9-10,12H2,(H,23,26);1H. The number of anilines is 1. The number of aryl methyl sites for hydroxylation is 1. The van der Waals surface area contributed by atoms with Gasteiger partial charge in [-0.1, -0.05) is 18.2 Å². The molecule has 1 aliphatic rings. The number of amides is 1. The number of nitrogens with one attached hydrogen (secondary N) is 2. The van der Waals surface area contributed by atoms with E-state index in [1.807, 2.05) is 0 Å². The lowest BCUT2D eigenvalue weighted by molar-refractivity contribution is -0.133. The lowest BCUT2D eigenvalue weighted by Gasteiger charge is -2.22. The van der Waals surface area contributed by atoms with Crippen LogP contribution in [-0.2, 0) is 6.42 Å². The molecule has 1 saturated heterocycles. The Balaban J connectivity index is 0.00000261. The molecular weight excluding hydrogens is 381 g/mol. The maximum Gasteiger partial charge on any atom is 0.389 e. The van der Waals surface area contributed by atoms with Crippen LogP contribution in [0.3, 0.4) is 0 Å². The quantitative estimate of drug-likeness (QED) is 0.795. The van der Waals surface area contributed by atoms with Crippen LogP contribution in [0.5, 0.6) is 0 Å². The van der Waals surface area contributed by atoms with Crippen molar-refractivity contribution in [2.24, 2.45) is 0 Å². The van der Waals surface area contributed by atoms with Crippen molar-refractivity contribution < 1.29 is 18.0 Å². The van der Waals surface area contributed by atoms with Crippen molar-refractivity contribution in [2.45, 2.75) is 37.9 Å². The number of para-hydroxylation sites is 1. The highest BCUT2D eigenvalue weighted by Crippen LogP contribution is 2.25. The monoisotopic (exact) mass is 402 g/mol. The number of carbonyl (C=O) groups excluding carboxylic acids is 1. The number of nitrogens with zero attached hydrogens (tertiary/aromatic N) is 2. The zero-order valence-corrected chi connectivity index (χ0v) is 15.4. The first-order valence-electron chi connectivity index (χ1n) is 8.64. The molecule has 0 radical (unpaired) electrons. The molecule has 2 aromatic rings. The van der Waals surface area contributed by atoms with Gasteiger partial charge in [0.05, 0.1) is 6.04 Å². The Morgan fingerprint density at radius 1 is 1.30 bits per heavy atom. The van der Waals surface area contributed by atoms with Crippen molar-refractivity contribution in [3.63, 3.8) is 0 Å².